The molecule has 0 aliphatic heterocycles. The molecule has 0 aliphatic rings. The van der Waals surface area contributed by atoms with Crippen molar-refractivity contribution in [2.24, 2.45) is 0 Å². The van der Waals surface area contributed by atoms with E-state index in [0.29, 0.717) is 12.4 Å². The predicted molar refractivity (Wildman–Crippen MR) is 150 cm³/mol. The summed E-state index contributed by atoms with van der Waals surface area (Å²) in [6.07, 6.45) is 3.48. The van der Waals surface area contributed by atoms with E-state index in [0.717, 1.165) is 59.6 Å². The van der Waals surface area contributed by atoms with Crippen molar-refractivity contribution in [2.45, 2.75) is 32.3 Å². The van der Waals surface area contributed by atoms with Gasteiger partial charge < -0.3 is 24.2 Å². The van der Waals surface area contributed by atoms with E-state index in [1.54, 1.807) is 21.0 Å². The number of aliphatic carboxylic acids is 1. The third-order valence-corrected chi connectivity index (χ3v) is 6.35. The molecule has 0 unspecified atom stereocenters. The van der Waals surface area contributed by atoms with Gasteiger partial charge in [-0.3, -0.25) is 4.98 Å². The zero-order valence-electron chi connectivity index (χ0n) is 22.1. The van der Waals surface area contributed by atoms with Crippen LogP contribution in [0.25, 0.3) is 10.9 Å². The van der Waals surface area contributed by atoms with Crippen LogP contribution in [0, 0.1) is 0 Å². The third-order valence-electron chi connectivity index (χ3n) is 6.35. The summed E-state index contributed by atoms with van der Waals surface area (Å²) in [4.78, 5) is 18.3. The van der Waals surface area contributed by atoms with E-state index >= 15 is 0 Å². The average molecular weight is 515 g/mol. The molecule has 3 aromatic carbocycles. The molecule has 1 N–H and O–H groups in total. The quantitative estimate of drug-likeness (QED) is 0.219. The summed E-state index contributed by atoms with van der Waals surface area (Å²) in [6, 6.07) is 25.5. The van der Waals surface area contributed by atoms with Crippen LogP contribution in [0.1, 0.15) is 25.8 Å². The van der Waals surface area contributed by atoms with Gasteiger partial charge in [0.05, 0.1) is 19.2 Å². The van der Waals surface area contributed by atoms with Crippen LogP contribution >= 0.6 is 0 Å². The van der Waals surface area contributed by atoms with E-state index in [4.69, 9.17) is 14.2 Å². The highest BCUT2D eigenvalue weighted by atomic mass is 16.5. The molecule has 7 nitrogen and oxygen atoms in total. The monoisotopic (exact) mass is 514 g/mol. The van der Waals surface area contributed by atoms with Crippen molar-refractivity contribution in [1.29, 1.82) is 0 Å². The van der Waals surface area contributed by atoms with Crippen molar-refractivity contribution < 1.29 is 24.1 Å². The van der Waals surface area contributed by atoms with Crippen molar-refractivity contribution in [3.63, 3.8) is 0 Å². The van der Waals surface area contributed by atoms with Crippen LogP contribution in [0.4, 0.5) is 5.69 Å². The SMILES string of the molecule is COc1ccc(OCCCN(CCc2ccc(OC(C)(C)C(=O)O)cc2)c2cccc3ncccc23)cc1. The number of nitrogens with zero attached hydrogens (tertiary/aromatic N) is 2. The maximum absolute atomic E-state index is 11.4. The number of carbonyl (C=O) groups is 1. The molecule has 0 atom stereocenters. The maximum Gasteiger partial charge on any atom is 0.347 e. The number of aromatic nitrogens is 1. The van der Waals surface area contributed by atoms with E-state index in [2.05, 4.69) is 22.0 Å². The van der Waals surface area contributed by atoms with Gasteiger partial charge in [-0.25, -0.2) is 4.79 Å². The second-order valence-corrected chi connectivity index (χ2v) is 9.52. The molecule has 38 heavy (non-hydrogen) atoms. The summed E-state index contributed by atoms with van der Waals surface area (Å²) in [5.41, 5.74) is 1.97. The minimum absolute atomic E-state index is 0.536. The second-order valence-electron chi connectivity index (χ2n) is 9.52. The fourth-order valence-corrected chi connectivity index (χ4v) is 4.16. The Hall–Kier alpha value is -4.26. The lowest BCUT2D eigenvalue weighted by Crippen LogP contribution is -2.37. The molecule has 0 spiro atoms. The van der Waals surface area contributed by atoms with Gasteiger partial charge in [-0.15, -0.1) is 0 Å². The van der Waals surface area contributed by atoms with Crippen molar-refractivity contribution in [3.8, 4) is 17.2 Å². The molecule has 0 amide bonds. The summed E-state index contributed by atoms with van der Waals surface area (Å²) in [5.74, 6) is 1.16. The second kappa shape index (κ2) is 12.3. The fraction of sp³-hybridized carbons (Fsp3) is 0.290. The molecule has 198 valence electrons. The van der Waals surface area contributed by atoms with E-state index in [1.807, 2.05) is 72.9 Å². The Morgan fingerprint density at radius 1 is 0.895 bits per heavy atom. The molecule has 0 bridgehead atoms. The molecular formula is C31H34N2O5. The van der Waals surface area contributed by atoms with E-state index < -0.39 is 11.6 Å². The number of benzene rings is 3. The average Bonchev–Trinajstić information content (AvgIpc) is 2.93. The highest BCUT2D eigenvalue weighted by molar-refractivity contribution is 5.91. The fourth-order valence-electron chi connectivity index (χ4n) is 4.16. The van der Waals surface area contributed by atoms with Gasteiger partial charge in [-0.1, -0.05) is 18.2 Å². The van der Waals surface area contributed by atoms with Crippen molar-refractivity contribution >= 4 is 22.6 Å². The predicted octanol–water partition coefficient (Wildman–Crippen LogP) is 6.00. The van der Waals surface area contributed by atoms with Crippen LogP contribution in [0.15, 0.2) is 85.1 Å². The van der Waals surface area contributed by atoms with Crippen LogP contribution in [0.2, 0.25) is 0 Å². The highest BCUT2D eigenvalue weighted by Gasteiger charge is 2.29. The van der Waals surface area contributed by atoms with Gasteiger partial charge in [0, 0.05) is 30.4 Å². The Morgan fingerprint density at radius 3 is 2.32 bits per heavy atom. The molecule has 0 aliphatic carbocycles. The lowest BCUT2D eigenvalue weighted by Gasteiger charge is -2.26. The number of pyridine rings is 1. The van der Waals surface area contributed by atoms with Gasteiger partial charge in [-0.05, 0) is 92.9 Å². The Bertz CT molecular complexity index is 1330. The smallest absolute Gasteiger partial charge is 0.347 e. The zero-order chi connectivity index (χ0) is 27.0. The van der Waals surface area contributed by atoms with Crippen molar-refractivity contribution in [3.05, 3.63) is 90.6 Å². The number of anilines is 1. The molecule has 0 radical (unpaired) electrons. The Morgan fingerprint density at radius 2 is 1.61 bits per heavy atom. The Kier molecular flexibility index (Phi) is 8.69. The summed E-state index contributed by atoms with van der Waals surface area (Å²) < 4.78 is 16.8. The summed E-state index contributed by atoms with van der Waals surface area (Å²) in [6.45, 7) is 5.30. The van der Waals surface area contributed by atoms with Gasteiger partial charge in [0.2, 0.25) is 0 Å². The third kappa shape index (κ3) is 6.94. The molecule has 1 aromatic heterocycles. The van der Waals surface area contributed by atoms with Crippen LogP contribution in [0.5, 0.6) is 17.2 Å². The standard InChI is InChI=1S/C31H34N2O5/c1-31(2,30(34)35)38-26-12-10-23(11-13-26)18-21-33(29-9-4-8-28-27(29)7-5-19-32-28)20-6-22-37-25-16-14-24(36-3)15-17-25/h4-5,7-17,19H,6,18,20-22H2,1-3H3,(H,34,35). The number of hydrogen-bond acceptors (Lipinski definition) is 6. The number of fused-ring (bicyclic) bond motifs is 1. The first kappa shape index (κ1) is 26.8. The first-order valence-electron chi connectivity index (χ1n) is 12.7. The van der Waals surface area contributed by atoms with Crippen LogP contribution < -0.4 is 19.1 Å². The molecule has 0 saturated heterocycles. The highest BCUT2D eigenvalue weighted by Crippen LogP contribution is 2.27. The first-order chi connectivity index (χ1) is 18.4. The van der Waals surface area contributed by atoms with Crippen LogP contribution in [-0.2, 0) is 11.2 Å². The van der Waals surface area contributed by atoms with Crippen molar-refractivity contribution in [2.75, 3.05) is 31.7 Å². The Labute approximate surface area is 223 Å². The van der Waals surface area contributed by atoms with Gasteiger partial charge in [-0.2, -0.15) is 0 Å². The molecular weight excluding hydrogens is 480 g/mol. The number of ether oxygens (including phenoxy) is 3. The topological polar surface area (TPSA) is 81.1 Å². The summed E-state index contributed by atoms with van der Waals surface area (Å²) >= 11 is 0. The number of carboxylic acids is 1. The molecule has 0 saturated carbocycles. The minimum Gasteiger partial charge on any atom is -0.497 e. The van der Waals surface area contributed by atoms with E-state index in [9.17, 15) is 9.90 Å². The number of rotatable bonds is 13. The maximum atomic E-state index is 11.4. The first-order valence-corrected chi connectivity index (χ1v) is 12.7. The summed E-state index contributed by atoms with van der Waals surface area (Å²) in [5, 5.41) is 10.4. The largest absolute Gasteiger partial charge is 0.497 e. The Balaban J connectivity index is 1.43. The van der Waals surface area contributed by atoms with Crippen LogP contribution in [0.3, 0.4) is 0 Å². The van der Waals surface area contributed by atoms with Crippen LogP contribution in [-0.4, -0.2) is 48.5 Å². The molecule has 7 heteroatoms. The van der Waals surface area contributed by atoms with Gasteiger partial charge in [0.15, 0.2) is 5.60 Å². The normalized spacial score (nSPS) is 11.2. The van der Waals surface area contributed by atoms with E-state index in [-0.39, 0.29) is 0 Å². The van der Waals surface area contributed by atoms with Gasteiger partial charge in [0.1, 0.15) is 17.2 Å². The lowest BCUT2D eigenvalue weighted by atomic mass is 10.1. The number of methoxy groups -OCH3 is 1. The minimum atomic E-state index is -1.28. The molecule has 4 aromatic rings. The number of hydrogen-bond donors (Lipinski definition) is 1. The number of carboxylic acid groups (broad SMARTS) is 1. The van der Waals surface area contributed by atoms with Gasteiger partial charge in [0.25, 0.3) is 0 Å². The lowest BCUT2D eigenvalue weighted by molar-refractivity contribution is -0.152. The molecule has 0 fully saturated rings. The zero-order valence-corrected chi connectivity index (χ0v) is 22.1. The van der Waals surface area contributed by atoms with Gasteiger partial charge >= 0.3 is 5.97 Å². The van der Waals surface area contributed by atoms with Crippen molar-refractivity contribution in [1.82, 2.24) is 4.98 Å². The summed E-state index contributed by atoms with van der Waals surface area (Å²) in [7, 11) is 1.65. The molecule has 1 heterocycles. The van der Waals surface area contributed by atoms with E-state index in [1.165, 1.54) is 0 Å². The molecule has 4 rings (SSSR count).